The average molecular weight is 770 g/mol. The van der Waals surface area contributed by atoms with Crippen molar-refractivity contribution in [3.8, 4) is 34.1 Å². The van der Waals surface area contributed by atoms with Crippen LogP contribution in [0.2, 0.25) is 0 Å². The van der Waals surface area contributed by atoms with Crippen LogP contribution >= 0.6 is 0 Å². The summed E-state index contributed by atoms with van der Waals surface area (Å²) < 4.78 is 10.5. The number of ether oxygens (including phenoxy) is 1. The van der Waals surface area contributed by atoms with Gasteiger partial charge < -0.3 is 9.30 Å². The maximum absolute atomic E-state index is 6.41. The van der Waals surface area contributed by atoms with E-state index in [1.54, 1.807) is 0 Å². The van der Waals surface area contributed by atoms with Gasteiger partial charge in [0.25, 0.3) is 0 Å². The maximum atomic E-state index is 6.41. The first-order valence-electron chi connectivity index (χ1n) is 15.2. The number of pyridine rings is 1. The molecule has 4 aromatic carbocycles. The number of hydrogen-bond acceptors (Lipinski definition) is 3. The van der Waals surface area contributed by atoms with Gasteiger partial charge in [0, 0.05) is 34.5 Å². The van der Waals surface area contributed by atoms with Gasteiger partial charge in [-0.25, -0.2) is 4.98 Å². The van der Waals surface area contributed by atoms with Crippen LogP contribution in [0.4, 0.5) is 0 Å². The molecule has 0 fully saturated rings. The predicted molar refractivity (Wildman–Crippen MR) is 178 cm³/mol. The smallest absolute Gasteiger partial charge is 0.509 e. The molecule has 5 nitrogen and oxygen atoms in total. The molecule has 0 atom stereocenters. The summed E-state index contributed by atoms with van der Waals surface area (Å²) >= 11 is 0. The van der Waals surface area contributed by atoms with Gasteiger partial charge in [-0.3, -0.25) is 4.68 Å². The van der Waals surface area contributed by atoms with Crippen LogP contribution in [0.5, 0.6) is 11.5 Å². The van der Waals surface area contributed by atoms with Gasteiger partial charge >= 0.3 is 21.1 Å². The van der Waals surface area contributed by atoms with Crippen LogP contribution in [0.25, 0.3) is 44.4 Å². The molecule has 7 rings (SSSR count). The zero-order chi connectivity index (χ0) is 30.4. The van der Waals surface area contributed by atoms with Gasteiger partial charge in [-0.15, -0.1) is 35.7 Å². The molecular formula is C39H34N4OPt. The minimum absolute atomic E-state index is 0. The number of nitrogens with zero attached hydrogens (tertiary/aromatic N) is 4. The summed E-state index contributed by atoms with van der Waals surface area (Å²) in [6, 6.07) is 36.1. The minimum Gasteiger partial charge on any atom is -0.509 e. The van der Waals surface area contributed by atoms with Gasteiger partial charge in [0.05, 0.1) is 5.69 Å². The number of benzene rings is 4. The Bertz CT molecular complexity index is 2150. The van der Waals surface area contributed by atoms with Gasteiger partial charge in [0.15, 0.2) is 0 Å². The van der Waals surface area contributed by atoms with E-state index < -0.39 is 0 Å². The van der Waals surface area contributed by atoms with Crippen molar-refractivity contribution in [3.63, 3.8) is 0 Å². The van der Waals surface area contributed by atoms with Crippen molar-refractivity contribution in [3.05, 3.63) is 131 Å². The van der Waals surface area contributed by atoms with Gasteiger partial charge in [-0.1, -0.05) is 55.8 Å². The van der Waals surface area contributed by atoms with Crippen LogP contribution in [0.15, 0.2) is 91.1 Å². The van der Waals surface area contributed by atoms with Crippen LogP contribution < -0.4 is 4.74 Å². The van der Waals surface area contributed by atoms with E-state index in [0.717, 1.165) is 63.1 Å². The van der Waals surface area contributed by atoms with Crippen LogP contribution in [-0.2, 0) is 33.9 Å². The van der Waals surface area contributed by atoms with Crippen molar-refractivity contribution in [2.24, 2.45) is 0 Å². The van der Waals surface area contributed by atoms with Crippen molar-refractivity contribution >= 4 is 21.8 Å². The fourth-order valence-electron chi connectivity index (χ4n) is 6.35. The van der Waals surface area contributed by atoms with E-state index in [9.17, 15) is 0 Å². The first-order valence-corrected chi connectivity index (χ1v) is 15.2. The molecule has 0 saturated heterocycles. The molecule has 0 radical (unpaired) electrons. The van der Waals surface area contributed by atoms with Crippen LogP contribution in [-0.4, -0.2) is 19.3 Å². The van der Waals surface area contributed by atoms with Gasteiger partial charge in [-0.05, 0) is 85.1 Å². The maximum Gasteiger partial charge on any atom is 2.00 e. The van der Waals surface area contributed by atoms with E-state index >= 15 is 0 Å². The Labute approximate surface area is 278 Å². The number of hydrogen-bond donors (Lipinski definition) is 0. The van der Waals surface area contributed by atoms with Crippen molar-refractivity contribution in [2.45, 2.75) is 47.5 Å². The van der Waals surface area contributed by atoms with Crippen LogP contribution in [0.3, 0.4) is 0 Å². The second-order valence-corrected chi connectivity index (χ2v) is 11.2. The number of rotatable bonds is 7. The van der Waals surface area contributed by atoms with Gasteiger partial charge in [-0.2, -0.15) is 17.2 Å². The molecule has 0 N–H and O–H groups in total. The number of aromatic nitrogens is 4. The summed E-state index contributed by atoms with van der Waals surface area (Å²) in [5.41, 5.74) is 11.3. The largest absolute Gasteiger partial charge is 2.00 e. The van der Waals surface area contributed by atoms with E-state index in [0.29, 0.717) is 11.5 Å². The Morgan fingerprint density at radius 1 is 0.733 bits per heavy atom. The molecule has 0 amide bonds. The summed E-state index contributed by atoms with van der Waals surface area (Å²) in [7, 11) is 0. The van der Waals surface area contributed by atoms with E-state index in [4.69, 9.17) is 9.84 Å². The molecule has 0 spiro atoms. The number of aryl methyl sites for hydroxylation is 4. The van der Waals surface area contributed by atoms with E-state index in [1.165, 1.54) is 22.3 Å². The summed E-state index contributed by atoms with van der Waals surface area (Å²) in [4.78, 5) is 4.69. The van der Waals surface area contributed by atoms with E-state index in [2.05, 4.69) is 111 Å². The van der Waals surface area contributed by atoms with Gasteiger partial charge in [0.1, 0.15) is 5.82 Å². The molecule has 0 unspecified atom stereocenters. The summed E-state index contributed by atoms with van der Waals surface area (Å²) in [6.45, 7) is 10.7. The third-order valence-corrected chi connectivity index (χ3v) is 8.43. The summed E-state index contributed by atoms with van der Waals surface area (Å²) in [5.74, 6) is 2.07. The molecule has 45 heavy (non-hydrogen) atoms. The topological polar surface area (TPSA) is 44.9 Å². The first-order chi connectivity index (χ1) is 21.5. The molecule has 0 aliphatic heterocycles. The quantitative estimate of drug-likeness (QED) is 0.152. The van der Waals surface area contributed by atoms with E-state index in [1.807, 2.05) is 41.2 Å². The molecule has 226 valence electrons. The van der Waals surface area contributed by atoms with Crippen molar-refractivity contribution in [1.29, 1.82) is 0 Å². The fourth-order valence-corrected chi connectivity index (χ4v) is 6.35. The zero-order valence-corrected chi connectivity index (χ0v) is 28.4. The molecule has 7 aromatic rings. The monoisotopic (exact) mass is 769 g/mol. The predicted octanol–water partition coefficient (Wildman–Crippen LogP) is 9.47. The van der Waals surface area contributed by atoms with Crippen molar-refractivity contribution < 1.29 is 25.8 Å². The first kappa shape index (κ1) is 30.6. The summed E-state index contributed by atoms with van der Waals surface area (Å²) in [5, 5.41) is 7.24. The van der Waals surface area contributed by atoms with Crippen molar-refractivity contribution in [1.82, 2.24) is 19.3 Å². The SMILES string of the molecule is CCc1cccc(CC)c1-c1c(C)nn(-c2[c-]c(Oc3[c-]c4c(cc3)c3ccccc3n4-c3cc(C)ccn3)ccc2)c1C.[Pt+2]. The Kier molecular flexibility index (Phi) is 8.48. The average Bonchev–Trinajstić information content (AvgIpc) is 3.53. The second-order valence-electron chi connectivity index (χ2n) is 11.2. The molecule has 0 aliphatic rings. The Hall–Kier alpha value is -4.47. The molecule has 0 aliphatic carbocycles. The number of para-hydroxylation sites is 1. The normalized spacial score (nSPS) is 11.2. The fraction of sp³-hybridized carbons (Fsp3) is 0.179. The molecule has 3 aromatic heterocycles. The Balaban J connectivity index is 0.00000357. The third kappa shape index (κ3) is 5.40. The van der Waals surface area contributed by atoms with Gasteiger partial charge in [0.2, 0.25) is 0 Å². The third-order valence-electron chi connectivity index (χ3n) is 8.43. The molecular weight excluding hydrogens is 736 g/mol. The Morgan fingerprint density at radius 3 is 2.22 bits per heavy atom. The van der Waals surface area contributed by atoms with Crippen LogP contribution in [0.1, 0.15) is 41.9 Å². The molecule has 0 saturated carbocycles. The summed E-state index contributed by atoms with van der Waals surface area (Å²) in [6.07, 6.45) is 3.80. The molecule has 0 bridgehead atoms. The Morgan fingerprint density at radius 2 is 1.47 bits per heavy atom. The number of fused-ring (bicyclic) bond motifs is 3. The van der Waals surface area contributed by atoms with Crippen LogP contribution in [0, 0.1) is 32.9 Å². The van der Waals surface area contributed by atoms with Crippen molar-refractivity contribution in [2.75, 3.05) is 0 Å². The minimum atomic E-state index is 0. The second kappa shape index (κ2) is 12.5. The standard InChI is InChI=1S/C39H34N4O.Pt/c1-6-28-12-10-13-29(7-2)39(28)38-26(4)41-43(27(38)5)30-14-11-15-31(23-30)44-32-18-19-34-33-16-8-9-17-35(33)42(36(34)24-32)37-22-25(3)20-21-40-37;/h8-22H,6-7H2,1-5H3;/q-2;+2. The molecule has 6 heteroatoms. The van der Waals surface area contributed by atoms with E-state index in [-0.39, 0.29) is 21.1 Å². The molecule has 3 heterocycles. The zero-order valence-electron chi connectivity index (χ0n) is 26.1.